The van der Waals surface area contributed by atoms with Gasteiger partial charge >= 0.3 is 39.5 Å². The molecule has 17 nitrogen and oxygen atoms in total. The van der Waals surface area contributed by atoms with Crippen LogP contribution in [0.3, 0.4) is 0 Å². The van der Waals surface area contributed by atoms with Gasteiger partial charge in [-0.2, -0.15) is 0 Å². The predicted molar refractivity (Wildman–Crippen MR) is 363 cm³/mol. The Balaban J connectivity index is 5.19. The van der Waals surface area contributed by atoms with E-state index in [9.17, 15) is 43.2 Å². The van der Waals surface area contributed by atoms with Gasteiger partial charge in [0.1, 0.15) is 19.3 Å². The Bertz CT molecular complexity index is 1790. The first-order valence-electron chi connectivity index (χ1n) is 36.8. The molecule has 90 heavy (non-hydrogen) atoms. The van der Waals surface area contributed by atoms with Gasteiger partial charge in [-0.1, -0.05) is 299 Å². The average Bonchev–Trinajstić information content (AvgIpc) is 2.85. The van der Waals surface area contributed by atoms with E-state index in [4.69, 9.17) is 37.0 Å². The minimum absolute atomic E-state index is 0.101. The van der Waals surface area contributed by atoms with Crippen molar-refractivity contribution in [1.29, 1.82) is 0 Å². The lowest BCUT2D eigenvalue weighted by atomic mass is 9.99. The fourth-order valence-corrected chi connectivity index (χ4v) is 12.2. The lowest BCUT2D eigenvalue weighted by Gasteiger charge is -2.21. The molecule has 0 fully saturated rings. The number of esters is 4. The monoisotopic (exact) mass is 1320 g/mol. The van der Waals surface area contributed by atoms with Gasteiger partial charge in [-0.05, 0) is 49.4 Å². The molecule has 3 N–H and O–H groups in total. The second kappa shape index (κ2) is 60.7. The zero-order chi connectivity index (χ0) is 66.8. The predicted octanol–water partition coefficient (Wildman–Crippen LogP) is 20.1. The molecular formula is C71H138O17P2. The quantitative estimate of drug-likeness (QED) is 0.0222. The second-order valence-corrected chi connectivity index (χ2v) is 30.0. The fourth-order valence-electron chi connectivity index (χ4n) is 10.6. The maximum absolute atomic E-state index is 13.0. The Labute approximate surface area is 549 Å². The molecule has 0 spiro atoms. The van der Waals surface area contributed by atoms with E-state index < -0.39 is 97.5 Å². The summed E-state index contributed by atoms with van der Waals surface area (Å²) >= 11 is 0. The average molecular weight is 1330 g/mol. The van der Waals surface area contributed by atoms with Crippen LogP contribution in [-0.2, 0) is 65.4 Å². The Morgan fingerprint density at radius 2 is 0.533 bits per heavy atom. The number of unbranched alkanes of at least 4 members (excludes halogenated alkanes) is 32. The second-order valence-electron chi connectivity index (χ2n) is 27.1. The van der Waals surface area contributed by atoms with Crippen LogP contribution in [0.2, 0.25) is 0 Å². The van der Waals surface area contributed by atoms with E-state index in [1.165, 1.54) is 148 Å². The summed E-state index contributed by atoms with van der Waals surface area (Å²) in [6, 6.07) is 0. The number of phosphoric ester groups is 2. The Hall–Kier alpha value is -1.94. The molecule has 0 aromatic rings. The Kier molecular flexibility index (Phi) is 59.4. The van der Waals surface area contributed by atoms with Crippen molar-refractivity contribution in [2.45, 2.75) is 369 Å². The van der Waals surface area contributed by atoms with E-state index in [1.54, 1.807) is 0 Å². The zero-order valence-electron chi connectivity index (χ0n) is 58.8. The van der Waals surface area contributed by atoms with E-state index >= 15 is 0 Å². The van der Waals surface area contributed by atoms with Crippen LogP contribution in [0.25, 0.3) is 0 Å². The molecule has 0 aliphatic carbocycles. The van der Waals surface area contributed by atoms with Crippen molar-refractivity contribution in [3.8, 4) is 0 Å². The molecule has 0 radical (unpaired) electrons. The zero-order valence-corrected chi connectivity index (χ0v) is 60.6. The van der Waals surface area contributed by atoms with Gasteiger partial charge in [-0.15, -0.1) is 0 Å². The van der Waals surface area contributed by atoms with Crippen molar-refractivity contribution < 1.29 is 80.2 Å². The van der Waals surface area contributed by atoms with Gasteiger partial charge in [0.25, 0.3) is 0 Å². The van der Waals surface area contributed by atoms with Crippen LogP contribution >= 0.6 is 15.6 Å². The number of hydrogen-bond acceptors (Lipinski definition) is 15. The number of rotatable bonds is 68. The lowest BCUT2D eigenvalue weighted by molar-refractivity contribution is -0.161. The molecule has 0 aromatic carbocycles. The molecule has 0 rings (SSSR count). The summed E-state index contributed by atoms with van der Waals surface area (Å²) in [5, 5.41) is 10.6. The van der Waals surface area contributed by atoms with Crippen molar-refractivity contribution in [2.24, 2.45) is 23.7 Å². The topological polar surface area (TPSA) is 237 Å². The van der Waals surface area contributed by atoms with Crippen molar-refractivity contribution >= 4 is 39.5 Å². The number of aliphatic hydroxyl groups is 1. The number of hydrogen-bond donors (Lipinski definition) is 3. The summed E-state index contributed by atoms with van der Waals surface area (Å²) in [5.74, 6) is 0.853. The SMILES string of the molecule is CCC(C)CCCCCCCCCCC(=O)OC[C@H](COP(=O)(O)OC[C@@H](O)COP(=O)(O)OC[C@@H](COC(=O)CCCCCCCCC(C)CC)OC(=O)CCCCCCCCCCCCCCCCCCC(C)C)OC(=O)CCCCCCCCC(C)C. The number of phosphoric acid groups is 2. The van der Waals surface area contributed by atoms with E-state index in [0.717, 1.165) is 114 Å². The minimum Gasteiger partial charge on any atom is -0.462 e. The Morgan fingerprint density at radius 3 is 0.789 bits per heavy atom. The van der Waals surface area contributed by atoms with Gasteiger partial charge in [-0.3, -0.25) is 37.3 Å². The first-order valence-corrected chi connectivity index (χ1v) is 39.8. The lowest BCUT2D eigenvalue weighted by Crippen LogP contribution is -2.30. The van der Waals surface area contributed by atoms with Gasteiger partial charge in [0.2, 0.25) is 0 Å². The van der Waals surface area contributed by atoms with E-state index in [0.29, 0.717) is 31.6 Å². The molecule has 0 aromatic heterocycles. The van der Waals surface area contributed by atoms with Crippen LogP contribution in [0.5, 0.6) is 0 Å². The summed E-state index contributed by atoms with van der Waals surface area (Å²) in [4.78, 5) is 72.5. The third-order valence-electron chi connectivity index (χ3n) is 17.0. The molecule has 0 amide bonds. The van der Waals surface area contributed by atoms with Gasteiger partial charge in [-0.25, -0.2) is 9.13 Å². The van der Waals surface area contributed by atoms with Crippen LogP contribution in [0.1, 0.15) is 351 Å². The normalized spacial score (nSPS) is 14.9. The molecule has 534 valence electrons. The van der Waals surface area contributed by atoms with E-state index in [-0.39, 0.29) is 25.7 Å². The molecule has 0 aliphatic rings. The first-order chi connectivity index (χ1) is 43.2. The molecular weight excluding hydrogens is 1190 g/mol. The summed E-state index contributed by atoms with van der Waals surface area (Å²) in [5.41, 5.74) is 0. The smallest absolute Gasteiger partial charge is 0.462 e. The van der Waals surface area contributed by atoms with Gasteiger partial charge in [0, 0.05) is 25.7 Å². The minimum atomic E-state index is -4.95. The summed E-state index contributed by atoms with van der Waals surface area (Å²) in [6.07, 6.45) is 43.3. The van der Waals surface area contributed by atoms with E-state index in [1.807, 2.05) is 0 Å². The molecule has 0 saturated carbocycles. The maximum Gasteiger partial charge on any atom is 0.472 e. The number of aliphatic hydroxyl groups excluding tert-OH is 1. The fraction of sp³-hybridized carbons (Fsp3) is 0.944. The van der Waals surface area contributed by atoms with Crippen LogP contribution in [0.15, 0.2) is 0 Å². The molecule has 0 heterocycles. The highest BCUT2D eigenvalue weighted by atomic mass is 31.2. The highest BCUT2D eigenvalue weighted by molar-refractivity contribution is 7.47. The number of carbonyl (C=O) groups is 4. The van der Waals surface area contributed by atoms with Crippen molar-refractivity contribution in [1.82, 2.24) is 0 Å². The standard InChI is InChI=1S/C71H138O17P2/c1-9-63(7)49-41-33-24-21-22-25-35-43-51-68(73)81-57-67(88-71(76)54-46-38-29-27-32-40-48-62(5)6)60-86-90(79,80)84-56-65(72)55-83-89(77,78)85-59-66(58-82-69(74)52-44-36-30-28-34-42-50-64(8)10-2)87-70(75)53-45-37-26-20-18-16-14-12-11-13-15-17-19-23-31-39-47-61(3)4/h61-67,72H,9-60H2,1-8H3,(H,77,78)(H,79,80)/t63?,64?,65-,66+,67+/m0/s1. The number of carbonyl (C=O) groups excluding carboxylic acids is 4. The van der Waals surface area contributed by atoms with E-state index in [2.05, 4.69) is 55.4 Å². The van der Waals surface area contributed by atoms with Crippen LogP contribution in [0.4, 0.5) is 0 Å². The number of ether oxygens (including phenoxy) is 4. The summed E-state index contributed by atoms with van der Waals surface area (Å²) < 4.78 is 68.2. The highest BCUT2D eigenvalue weighted by Gasteiger charge is 2.30. The van der Waals surface area contributed by atoms with Crippen molar-refractivity contribution in [2.75, 3.05) is 39.6 Å². The van der Waals surface area contributed by atoms with Crippen LogP contribution in [0, 0.1) is 23.7 Å². The largest absolute Gasteiger partial charge is 0.472 e. The van der Waals surface area contributed by atoms with Gasteiger partial charge in [0.05, 0.1) is 26.4 Å². The molecule has 4 unspecified atom stereocenters. The summed E-state index contributed by atoms with van der Waals surface area (Å²) in [7, 11) is -9.90. The van der Waals surface area contributed by atoms with Crippen molar-refractivity contribution in [3.63, 3.8) is 0 Å². The Morgan fingerprint density at radius 1 is 0.311 bits per heavy atom. The molecule has 19 heteroatoms. The van der Waals surface area contributed by atoms with Gasteiger partial charge in [0.15, 0.2) is 12.2 Å². The van der Waals surface area contributed by atoms with Gasteiger partial charge < -0.3 is 33.8 Å². The van der Waals surface area contributed by atoms with Crippen molar-refractivity contribution in [3.05, 3.63) is 0 Å². The molecule has 0 aliphatic heterocycles. The first kappa shape index (κ1) is 88.1. The van der Waals surface area contributed by atoms with Crippen LogP contribution in [-0.4, -0.2) is 96.7 Å². The molecule has 0 bridgehead atoms. The third kappa shape index (κ3) is 62.2. The molecule has 0 saturated heterocycles. The highest BCUT2D eigenvalue weighted by Crippen LogP contribution is 2.45. The molecule has 7 atom stereocenters. The summed E-state index contributed by atoms with van der Waals surface area (Å²) in [6.45, 7) is 14.1. The maximum atomic E-state index is 13.0. The van der Waals surface area contributed by atoms with Crippen LogP contribution < -0.4 is 0 Å². The third-order valence-corrected chi connectivity index (χ3v) is 18.9.